The number of piperidine rings is 1. The summed E-state index contributed by atoms with van der Waals surface area (Å²) in [5.74, 6) is 1.87. The first-order valence-corrected chi connectivity index (χ1v) is 11.3. The van der Waals surface area contributed by atoms with Crippen molar-refractivity contribution < 1.29 is 23.9 Å². The van der Waals surface area contributed by atoms with Gasteiger partial charge in [0.15, 0.2) is 11.5 Å². The van der Waals surface area contributed by atoms with Gasteiger partial charge in [-0.25, -0.2) is 4.79 Å². The SMILES string of the molecule is CC1(c2ccc3c(c2)OCCO3)NC(=O)N(CC(=O)N2CCC3CCCCC3C2)C1=O. The van der Waals surface area contributed by atoms with Gasteiger partial charge in [-0.1, -0.05) is 25.3 Å². The predicted octanol–water partition coefficient (Wildman–Crippen LogP) is 2.26. The maximum absolute atomic E-state index is 13.3. The number of amides is 4. The van der Waals surface area contributed by atoms with Crippen LogP contribution in [0.3, 0.4) is 0 Å². The van der Waals surface area contributed by atoms with Crippen molar-refractivity contribution in [1.29, 1.82) is 0 Å². The molecule has 3 aliphatic heterocycles. The molecule has 2 saturated heterocycles. The van der Waals surface area contributed by atoms with Gasteiger partial charge < -0.3 is 19.7 Å². The molecule has 166 valence electrons. The van der Waals surface area contributed by atoms with Gasteiger partial charge in [-0.3, -0.25) is 14.5 Å². The second kappa shape index (κ2) is 7.73. The van der Waals surface area contributed by atoms with Crippen LogP contribution in [0.15, 0.2) is 18.2 Å². The van der Waals surface area contributed by atoms with Crippen LogP contribution >= 0.6 is 0 Å². The molecule has 1 saturated carbocycles. The monoisotopic (exact) mass is 427 g/mol. The second-order valence-electron chi connectivity index (χ2n) is 9.24. The third-order valence-corrected chi connectivity index (χ3v) is 7.33. The summed E-state index contributed by atoms with van der Waals surface area (Å²) >= 11 is 0. The van der Waals surface area contributed by atoms with E-state index in [1.807, 2.05) is 4.90 Å². The summed E-state index contributed by atoms with van der Waals surface area (Å²) in [4.78, 5) is 41.8. The highest BCUT2D eigenvalue weighted by Gasteiger charge is 2.50. The van der Waals surface area contributed by atoms with E-state index in [2.05, 4.69) is 5.32 Å². The summed E-state index contributed by atoms with van der Waals surface area (Å²) in [6.07, 6.45) is 5.96. The molecular weight excluding hydrogens is 398 g/mol. The van der Waals surface area contributed by atoms with E-state index in [4.69, 9.17) is 9.47 Å². The van der Waals surface area contributed by atoms with E-state index in [-0.39, 0.29) is 12.5 Å². The molecule has 3 fully saturated rings. The highest BCUT2D eigenvalue weighted by Crippen LogP contribution is 2.38. The number of urea groups is 1. The third kappa shape index (κ3) is 3.51. The van der Waals surface area contributed by atoms with Crippen LogP contribution < -0.4 is 14.8 Å². The normalized spacial score (nSPS) is 30.1. The molecule has 4 aliphatic rings. The number of imide groups is 1. The van der Waals surface area contributed by atoms with Gasteiger partial charge in [0.2, 0.25) is 5.91 Å². The minimum absolute atomic E-state index is 0.154. The first kappa shape index (κ1) is 20.2. The Kier molecular flexibility index (Phi) is 5.02. The molecule has 8 heteroatoms. The molecule has 31 heavy (non-hydrogen) atoms. The molecule has 4 amide bonds. The number of carbonyl (C=O) groups is 3. The largest absolute Gasteiger partial charge is 0.486 e. The van der Waals surface area contributed by atoms with Gasteiger partial charge in [0.25, 0.3) is 5.91 Å². The van der Waals surface area contributed by atoms with Crippen LogP contribution in [0.1, 0.15) is 44.6 Å². The molecule has 5 rings (SSSR count). The van der Waals surface area contributed by atoms with E-state index in [0.717, 1.165) is 17.9 Å². The number of hydrogen-bond donors (Lipinski definition) is 1. The number of likely N-dealkylation sites (tertiary alicyclic amines) is 1. The van der Waals surface area contributed by atoms with Gasteiger partial charge in [0.05, 0.1) is 0 Å². The Hall–Kier alpha value is -2.77. The zero-order chi connectivity index (χ0) is 21.6. The molecule has 8 nitrogen and oxygen atoms in total. The Morgan fingerprint density at radius 3 is 2.65 bits per heavy atom. The molecule has 0 aromatic heterocycles. The van der Waals surface area contributed by atoms with Gasteiger partial charge in [-0.15, -0.1) is 0 Å². The summed E-state index contributed by atoms with van der Waals surface area (Å²) < 4.78 is 11.2. The fourth-order valence-corrected chi connectivity index (χ4v) is 5.45. The molecule has 0 radical (unpaired) electrons. The first-order valence-electron chi connectivity index (χ1n) is 11.3. The van der Waals surface area contributed by atoms with Crippen molar-refractivity contribution in [2.24, 2.45) is 11.8 Å². The summed E-state index contributed by atoms with van der Waals surface area (Å²) in [5.41, 5.74) is -0.642. The Labute approximate surface area is 181 Å². The highest BCUT2D eigenvalue weighted by atomic mass is 16.6. The number of fused-ring (bicyclic) bond motifs is 2. The Bertz CT molecular complexity index is 918. The van der Waals surface area contributed by atoms with Crippen molar-refractivity contribution in [3.05, 3.63) is 23.8 Å². The highest BCUT2D eigenvalue weighted by molar-refractivity contribution is 6.09. The van der Waals surface area contributed by atoms with Crippen LogP contribution in [0.25, 0.3) is 0 Å². The summed E-state index contributed by atoms with van der Waals surface area (Å²) in [6.45, 7) is 3.81. The molecule has 0 spiro atoms. The van der Waals surface area contributed by atoms with Gasteiger partial charge in [-0.2, -0.15) is 0 Å². The van der Waals surface area contributed by atoms with E-state index < -0.39 is 17.5 Å². The van der Waals surface area contributed by atoms with Crippen molar-refractivity contribution in [1.82, 2.24) is 15.1 Å². The van der Waals surface area contributed by atoms with Crippen LogP contribution in [-0.2, 0) is 15.1 Å². The number of nitrogens with one attached hydrogen (secondary N) is 1. The smallest absolute Gasteiger partial charge is 0.325 e. The summed E-state index contributed by atoms with van der Waals surface area (Å²) in [6, 6.07) is 4.69. The van der Waals surface area contributed by atoms with E-state index in [0.29, 0.717) is 48.7 Å². The third-order valence-electron chi connectivity index (χ3n) is 7.33. The molecular formula is C23H29N3O5. The zero-order valence-electron chi connectivity index (χ0n) is 17.9. The molecule has 1 N–H and O–H groups in total. The lowest BCUT2D eigenvalue weighted by Gasteiger charge is -2.41. The molecule has 3 heterocycles. The fourth-order valence-electron chi connectivity index (χ4n) is 5.45. The van der Waals surface area contributed by atoms with E-state index in [1.54, 1.807) is 25.1 Å². The fraction of sp³-hybridized carbons (Fsp3) is 0.609. The van der Waals surface area contributed by atoms with Crippen molar-refractivity contribution in [2.45, 2.75) is 44.6 Å². The van der Waals surface area contributed by atoms with Crippen LogP contribution in [-0.4, -0.2) is 60.5 Å². The topological polar surface area (TPSA) is 88.2 Å². The quantitative estimate of drug-likeness (QED) is 0.748. The molecule has 1 aromatic carbocycles. The van der Waals surface area contributed by atoms with Crippen LogP contribution in [0, 0.1) is 11.8 Å². The number of carbonyl (C=O) groups excluding carboxylic acids is 3. The van der Waals surface area contributed by atoms with Crippen molar-refractivity contribution in [2.75, 3.05) is 32.8 Å². The van der Waals surface area contributed by atoms with E-state index in [9.17, 15) is 14.4 Å². The van der Waals surface area contributed by atoms with Gasteiger partial charge >= 0.3 is 6.03 Å². The number of rotatable bonds is 3. The van der Waals surface area contributed by atoms with Crippen molar-refractivity contribution >= 4 is 17.8 Å². The van der Waals surface area contributed by atoms with Crippen molar-refractivity contribution in [3.8, 4) is 11.5 Å². The van der Waals surface area contributed by atoms with Crippen LogP contribution in [0.2, 0.25) is 0 Å². The Morgan fingerprint density at radius 2 is 1.84 bits per heavy atom. The first-order chi connectivity index (χ1) is 15.0. The van der Waals surface area contributed by atoms with Crippen LogP contribution in [0.5, 0.6) is 11.5 Å². The molecule has 0 bridgehead atoms. The molecule has 1 aromatic rings. The average molecular weight is 428 g/mol. The van der Waals surface area contributed by atoms with Gasteiger partial charge in [0.1, 0.15) is 25.3 Å². The van der Waals surface area contributed by atoms with Gasteiger partial charge in [-0.05, 0) is 49.3 Å². The minimum Gasteiger partial charge on any atom is -0.486 e. The molecule has 1 aliphatic carbocycles. The predicted molar refractivity (Wildman–Crippen MR) is 112 cm³/mol. The zero-order valence-corrected chi connectivity index (χ0v) is 17.9. The second-order valence-corrected chi connectivity index (χ2v) is 9.24. The van der Waals surface area contributed by atoms with Crippen molar-refractivity contribution in [3.63, 3.8) is 0 Å². The summed E-state index contributed by atoms with van der Waals surface area (Å²) in [7, 11) is 0. The standard InChI is InChI=1S/C23H29N3O5/c1-23(17-6-7-18-19(12-17)31-11-10-30-18)21(28)26(22(29)24-23)14-20(27)25-9-8-15-4-2-3-5-16(15)13-25/h6-7,12,15-16H,2-5,8-11,13-14H2,1H3,(H,24,29). The van der Waals surface area contributed by atoms with Gasteiger partial charge in [0, 0.05) is 13.1 Å². The number of nitrogens with zero attached hydrogens (tertiary/aromatic N) is 2. The number of benzene rings is 1. The van der Waals surface area contributed by atoms with Crippen LogP contribution in [0.4, 0.5) is 4.79 Å². The Balaban J connectivity index is 1.29. The number of ether oxygens (including phenoxy) is 2. The summed E-state index contributed by atoms with van der Waals surface area (Å²) in [5, 5.41) is 2.78. The van der Waals surface area contributed by atoms with E-state index in [1.165, 1.54) is 25.7 Å². The Morgan fingerprint density at radius 1 is 1.10 bits per heavy atom. The molecule has 3 unspecified atom stereocenters. The lowest BCUT2D eigenvalue weighted by Crippen LogP contribution is -2.49. The number of hydrogen-bond acceptors (Lipinski definition) is 5. The molecule has 3 atom stereocenters. The maximum atomic E-state index is 13.3. The maximum Gasteiger partial charge on any atom is 0.325 e. The average Bonchev–Trinajstić information content (AvgIpc) is 3.02. The lowest BCUT2D eigenvalue weighted by molar-refractivity contribution is -0.140. The van der Waals surface area contributed by atoms with E-state index >= 15 is 0 Å². The lowest BCUT2D eigenvalue weighted by atomic mass is 9.75. The minimum atomic E-state index is -1.25.